The van der Waals surface area contributed by atoms with Gasteiger partial charge in [0.15, 0.2) is 0 Å². The van der Waals surface area contributed by atoms with Gasteiger partial charge in [-0.15, -0.1) is 0 Å². The molecule has 0 saturated carbocycles. The van der Waals surface area contributed by atoms with Crippen molar-refractivity contribution in [2.45, 2.75) is 26.2 Å². The topological polar surface area (TPSA) is 67.3 Å². The third-order valence-electron chi connectivity index (χ3n) is 3.75. The molecule has 1 atom stereocenters. The van der Waals surface area contributed by atoms with Gasteiger partial charge in [-0.1, -0.05) is 0 Å². The van der Waals surface area contributed by atoms with E-state index < -0.39 is 10.0 Å². The Morgan fingerprint density at radius 1 is 1.40 bits per heavy atom. The van der Waals surface area contributed by atoms with Gasteiger partial charge in [-0.3, -0.25) is 9.78 Å². The summed E-state index contributed by atoms with van der Waals surface area (Å²) in [6.07, 6.45) is 5.36. The number of rotatable bonds is 5. The summed E-state index contributed by atoms with van der Waals surface area (Å²) in [6, 6.07) is 3.65. The van der Waals surface area contributed by atoms with Crippen LogP contribution in [0, 0.1) is 5.92 Å². The fourth-order valence-corrected chi connectivity index (χ4v) is 4.02. The Labute approximate surface area is 120 Å². The standard InChI is InChI=1S/C14H20N2O3S/c1-12(17)14-3-2-9-16(11-14)20(18,19)10-6-13-4-7-15-8-5-13/h4-5,7-8,14H,2-3,6,9-11H2,1H3. The highest BCUT2D eigenvalue weighted by Gasteiger charge is 2.30. The molecule has 1 aliphatic rings. The third-order valence-corrected chi connectivity index (χ3v) is 5.59. The van der Waals surface area contributed by atoms with Crippen molar-refractivity contribution in [2.75, 3.05) is 18.8 Å². The molecule has 0 spiro atoms. The zero-order valence-corrected chi connectivity index (χ0v) is 12.5. The highest BCUT2D eigenvalue weighted by molar-refractivity contribution is 7.89. The average Bonchev–Trinajstić information content (AvgIpc) is 2.46. The maximum atomic E-state index is 12.3. The minimum Gasteiger partial charge on any atom is -0.300 e. The largest absolute Gasteiger partial charge is 0.300 e. The molecule has 1 unspecified atom stereocenters. The number of pyridine rings is 1. The van der Waals surface area contributed by atoms with Crippen LogP contribution in [0.3, 0.4) is 0 Å². The Morgan fingerprint density at radius 3 is 2.75 bits per heavy atom. The van der Waals surface area contributed by atoms with Gasteiger partial charge in [0.1, 0.15) is 5.78 Å². The van der Waals surface area contributed by atoms with Crippen molar-refractivity contribution in [3.05, 3.63) is 30.1 Å². The van der Waals surface area contributed by atoms with Gasteiger partial charge in [0, 0.05) is 31.4 Å². The Balaban J connectivity index is 1.97. The monoisotopic (exact) mass is 296 g/mol. The molecule has 2 rings (SSSR count). The first-order valence-corrected chi connectivity index (χ1v) is 8.47. The van der Waals surface area contributed by atoms with Crippen molar-refractivity contribution in [1.82, 2.24) is 9.29 Å². The van der Waals surface area contributed by atoms with Gasteiger partial charge in [-0.05, 0) is 43.9 Å². The molecular formula is C14H20N2O3S. The van der Waals surface area contributed by atoms with Crippen LogP contribution in [0.25, 0.3) is 0 Å². The van der Waals surface area contributed by atoms with Gasteiger partial charge in [-0.2, -0.15) is 0 Å². The van der Waals surface area contributed by atoms with Crippen molar-refractivity contribution < 1.29 is 13.2 Å². The molecule has 2 heterocycles. The van der Waals surface area contributed by atoms with E-state index in [9.17, 15) is 13.2 Å². The van der Waals surface area contributed by atoms with Gasteiger partial charge < -0.3 is 0 Å². The third kappa shape index (κ3) is 3.86. The lowest BCUT2D eigenvalue weighted by Gasteiger charge is -2.30. The van der Waals surface area contributed by atoms with Crippen LogP contribution in [0.15, 0.2) is 24.5 Å². The van der Waals surface area contributed by atoms with Crippen molar-refractivity contribution in [1.29, 1.82) is 0 Å². The second-order valence-corrected chi connectivity index (χ2v) is 7.32. The molecule has 0 radical (unpaired) electrons. The SMILES string of the molecule is CC(=O)C1CCCN(S(=O)(=O)CCc2ccncc2)C1. The normalized spacial score (nSPS) is 20.8. The molecular weight excluding hydrogens is 276 g/mol. The van der Waals surface area contributed by atoms with Crippen LogP contribution in [0.5, 0.6) is 0 Å². The van der Waals surface area contributed by atoms with Gasteiger partial charge >= 0.3 is 0 Å². The average molecular weight is 296 g/mol. The second-order valence-electron chi connectivity index (χ2n) is 5.23. The van der Waals surface area contributed by atoms with Gasteiger partial charge in [0.25, 0.3) is 0 Å². The van der Waals surface area contributed by atoms with E-state index in [1.54, 1.807) is 12.4 Å². The van der Waals surface area contributed by atoms with Crippen LogP contribution in [-0.2, 0) is 21.2 Å². The predicted octanol–water partition coefficient (Wildman–Crippen LogP) is 1.25. The van der Waals surface area contributed by atoms with Gasteiger partial charge in [0.2, 0.25) is 10.0 Å². The molecule has 0 N–H and O–H groups in total. The molecule has 0 aromatic carbocycles. The summed E-state index contributed by atoms with van der Waals surface area (Å²) in [6.45, 7) is 2.41. The number of carbonyl (C=O) groups excluding carboxylic acids is 1. The molecule has 0 aliphatic carbocycles. The Morgan fingerprint density at radius 2 is 2.10 bits per heavy atom. The molecule has 1 aromatic rings. The first-order valence-electron chi connectivity index (χ1n) is 6.86. The maximum Gasteiger partial charge on any atom is 0.214 e. The van der Waals surface area contributed by atoms with Crippen LogP contribution in [0.1, 0.15) is 25.3 Å². The highest BCUT2D eigenvalue weighted by Crippen LogP contribution is 2.20. The van der Waals surface area contributed by atoms with E-state index in [2.05, 4.69) is 4.98 Å². The lowest BCUT2D eigenvalue weighted by atomic mass is 9.96. The van der Waals surface area contributed by atoms with Crippen LogP contribution in [-0.4, -0.2) is 42.3 Å². The first kappa shape index (κ1) is 15.1. The van der Waals surface area contributed by atoms with E-state index >= 15 is 0 Å². The molecule has 1 aromatic heterocycles. The number of Topliss-reactive ketones (excluding diaryl/α,β-unsaturated/α-hetero) is 1. The van der Waals surface area contributed by atoms with Crippen LogP contribution in [0.4, 0.5) is 0 Å². The number of nitrogens with zero attached hydrogens (tertiary/aromatic N) is 2. The van der Waals surface area contributed by atoms with Crippen molar-refractivity contribution >= 4 is 15.8 Å². The predicted molar refractivity (Wildman–Crippen MR) is 76.7 cm³/mol. The Bertz CT molecular complexity index is 557. The second kappa shape index (κ2) is 6.45. The Kier molecular flexibility index (Phi) is 4.88. The fraction of sp³-hybridized carbons (Fsp3) is 0.571. The molecule has 6 heteroatoms. The number of piperidine rings is 1. The summed E-state index contributed by atoms with van der Waals surface area (Å²) in [5.41, 5.74) is 0.962. The van der Waals surface area contributed by atoms with Crippen LogP contribution < -0.4 is 0 Å². The number of aryl methyl sites for hydroxylation is 1. The van der Waals surface area contributed by atoms with E-state index in [0.29, 0.717) is 19.5 Å². The smallest absolute Gasteiger partial charge is 0.214 e. The summed E-state index contributed by atoms with van der Waals surface area (Å²) in [5.74, 6) is 0.0280. The summed E-state index contributed by atoms with van der Waals surface area (Å²) in [7, 11) is -3.29. The van der Waals surface area contributed by atoms with Gasteiger partial charge in [0.05, 0.1) is 5.75 Å². The lowest BCUT2D eigenvalue weighted by Crippen LogP contribution is -2.43. The number of ketones is 1. The van der Waals surface area contributed by atoms with E-state index in [4.69, 9.17) is 0 Å². The van der Waals surface area contributed by atoms with E-state index in [1.165, 1.54) is 11.2 Å². The number of sulfonamides is 1. The van der Waals surface area contributed by atoms with Crippen LogP contribution in [0.2, 0.25) is 0 Å². The minimum absolute atomic E-state index is 0.0824. The number of carbonyl (C=O) groups is 1. The molecule has 1 fully saturated rings. The summed E-state index contributed by atoms with van der Waals surface area (Å²) >= 11 is 0. The number of aromatic nitrogens is 1. The van der Waals surface area contributed by atoms with Crippen LogP contribution >= 0.6 is 0 Å². The van der Waals surface area contributed by atoms with Crippen molar-refractivity contribution in [3.63, 3.8) is 0 Å². The molecule has 0 bridgehead atoms. The van der Waals surface area contributed by atoms with Crippen molar-refractivity contribution in [3.8, 4) is 0 Å². The van der Waals surface area contributed by atoms with E-state index in [1.807, 2.05) is 12.1 Å². The molecule has 0 amide bonds. The molecule has 20 heavy (non-hydrogen) atoms. The quantitative estimate of drug-likeness (QED) is 0.820. The molecule has 1 saturated heterocycles. The number of hydrogen-bond acceptors (Lipinski definition) is 4. The highest BCUT2D eigenvalue weighted by atomic mass is 32.2. The first-order chi connectivity index (χ1) is 9.49. The number of hydrogen-bond donors (Lipinski definition) is 0. The van der Waals surface area contributed by atoms with Crippen molar-refractivity contribution in [2.24, 2.45) is 5.92 Å². The summed E-state index contributed by atoms with van der Waals surface area (Å²) in [4.78, 5) is 15.3. The molecule has 110 valence electrons. The minimum atomic E-state index is -3.29. The summed E-state index contributed by atoms with van der Waals surface area (Å²) < 4.78 is 26.1. The van der Waals surface area contributed by atoms with E-state index in [-0.39, 0.29) is 17.5 Å². The van der Waals surface area contributed by atoms with E-state index in [0.717, 1.165) is 18.4 Å². The molecule has 5 nitrogen and oxygen atoms in total. The zero-order chi connectivity index (χ0) is 14.6. The molecule has 1 aliphatic heterocycles. The lowest BCUT2D eigenvalue weighted by molar-refractivity contribution is -0.121. The Hall–Kier alpha value is -1.27. The maximum absolute atomic E-state index is 12.3. The summed E-state index contributed by atoms with van der Waals surface area (Å²) in [5, 5.41) is 0. The zero-order valence-electron chi connectivity index (χ0n) is 11.7. The fourth-order valence-electron chi connectivity index (χ4n) is 2.45. The van der Waals surface area contributed by atoms with Gasteiger partial charge in [-0.25, -0.2) is 12.7 Å².